The van der Waals surface area contributed by atoms with E-state index in [1.54, 1.807) is 0 Å². The summed E-state index contributed by atoms with van der Waals surface area (Å²) < 4.78 is 45.4. The predicted molar refractivity (Wildman–Crippen MR) is 27.0 cm³/mol. The standard InChI is InChI=1S/C5H8F4O/c6-4(10)2-1-3-5(7,8)9/h4,10H,1-3H2. The number of rotatable bonds is 3. The molecule has 0 amide bonds. The van der Waals surface area contributed by atoms with Gasteiger partial charge >= 0.3 is 6.18 Å². The van der Waals surface area contributed by atoms with E-state index in [0.717, 1.165) is 0 Å². The Kier molecular flexibility index (Phi) is 3.63. The van der Waals surface area contributed by atoms with Crippen molar-refractivity contribution >= 4 is 0 Å². The summed E-state index contributed by atoms with van der Waals surface area (Å²) in [5.74, 6) is 0. The number of aliphatic hydroxyl groups is 1. The van der Waals surface area contributed by atoms with Gasteiger partial charge in [-0.05, 0) is 6.42 Å². The summed E-state index contributed by atoms with van der Waals surface area (Å²) in [5.41, 5.74) is 0. The molecule has 0 spiro atoms. The van der Waals surface area contributed by atoms with Crippen molar-refractivity contribution in [3.05, 3.63) is 0 Å². The zero-order chi connectivity index (χ0) is 8.20. The summed E-state index contributed by atoms with van der Waals surface area (Å²) in [6.45, 7) is 0. The fourth-order valence-electron chi connectivity index (χ4n) is 0.471. The van der Waals surface area contributed by atoms with E-state index in [9.17, 15) is 17.6 Å². The van der Waals surface area contributed by atoms with Gasteiger partial charge in [-0.15, -0.1) is 0 Å². The summed E-state index contributed by atoms with van der Waals surface area (Å²) in [7, 11) is 0. The van der Waals surface area contributed by atoms with Crippen molar-refractivity contribution in [3.63, 3.8) is 0 Å². The van der Waals surface area contributed by atoms with Crippen LogP contribution in [0.25, 0.3) is 0 Å². The lowest BCUT2D eigenvalue weighted by Gasteiger charge is -2.04. The molecule has 0 saturated carbocycles. The Morgan fingerprint density at radius 1 is 1.30 bits per heavy atom. The maximum absolute atomic E-state index is 11.5. The predicted octanol–water partition coefficient (Wildman–Crippen LogP) is 2.01. The third kappa shape index (κ3) is 7.68. The van der Waals surface area contributed by atoms with Crippen LogP contribution in [-0.2, 0) is 0 Å². The number of hydrogen-bond acceptors (Lipinski definition) is 1. The van der Waals surface area contributed by atoms with E-state index in [1.165, 1.54) is 0 Å². The van der Waals surface area contributed by atoms with Gasteiger partial charge < -0.3 is 5.11 Å². The monoisotopic (exact) mass is 160 g/mol. The molecule has 1 N–H and O–H groups in total. The molecule has 0 aromatic carbocycles. The quantitative estimate of drug-likeness (QED) is 0.626. The van der Waals surface area contributed by atoms with Crippen LogP contribution < -0.4 is 0 Å². The van der Waals surface area contributed by atoms with Gasteiger partial charge in [0.1, 0.15) is 0 Å². The van der Waals surface area contributed by atoms with Gasteiger partial charge in [-0.25, -0.2) is 4.39 Å². The molecular weight excluding hydrogens is 152 g/mol. The van der Waals surface area contributed by atoms with E-state index >= 15 is 0 Å². The van der Waals surface area contributed by atoms with Crippen LogP contribution in [0.3, 0.4) is 0 Å². The molecule has 0 fully saturated rings. The van der Waals surface area contributed by atoms with E-state index in [1.807, 2.05) is 0 Å². The average Bonchev–Trinajstić information content (AvgIpc) is 1.59. The highest BCUT2D eigenvalue weighted by atomic mass is 19.4. The number of halogens is 4. The van der Waals surface area contributed by atoms with Crippen molar-refractivity contribution in [2.24, 2.45) is 0 Å². The zero-order valence-electron chi connectivity index (χ0n) is 5.16. The Morgan fingerprint density at radius 2 is 1.80 bits per heavy atom. The van der Waals surface area contributed by atoms with Gasteiger partial charge in [-0.1, -0.05) is 0 Å². The molecule has 62 valence electrons. The van der Waals surface area contributed by atoms with Gasteiger partial charge in [-0.3, -0.25) is 0 Å². The van der Waals surface area contributed by atoms with Crippen LogP contribution in [0.15, 0.2) is 0 Å². The molecule has 0 aromatic rings. The molecular formula is C5H8F4O. The SMILES string of the molecule is OC(F)CCCC(F)(F)F. The third-order valence-electron chi connectivity index (χ3n) is 0.903. The summed E-state index contributed by atoms with van der Waals surface area (Å²) >= 11 is 0. The van der Waals surface area contributed by atoms with Crippen LogP contribution in [0.5, 0.6) is 0 Å². The lowest BCUT2D eigenvalue weighted by molar-refractivity contribution is -0.137. The van der Waals surface area contributed by atoms with Gasteiger partial charge in [0.05, 0.1) is 0 Å². The molecule has 1 nitrogen and oxygen atoms in total. The topological polar surface area (TPSA) is 20.2 Å². The Labute approximate surface area is 55.7 Å². The molecule has 0 aliphatic rings. The second kappa shape index (κ2) is 3.75. The molecule has 0 aliphatic carbocycles. The summed E-state index contributed by atoms with van der Waals surface area (Å²) in [6.07, 6.45) is -8.20. The van der Waals surface area contributed by atoms with E-state index in [-0.39, 0.29) is 6.42 Å². The molecule has 0 rings (SSSR count). The van der Waals surface area contributed by atoms with E-state index in [4.69, 9.17) is 5.11 Å². The molecule has 0 aliphatic heterocycles. The van der Waals surface area contributed by atoms with Crippen LogP contribution in [0.2, 0.25) is 0 Å². The maximum atomic E-state index is 11.5. The molecule has 5 heteroatoms. The second-order valence-electron chi connectivity index (χ2n) is 1.94. The Morgan fingerprint density at radius 3 is 2.10 bits per heavy atom. The molecule has 1 atom stereocenters. The second-order valence-corrected chi connectivity index (χ2v) is 1.94. The lowest BCUT2D eigenvalue weighted by Crippen LogP contribution is -2.08. The van der Waals surface area contributed by atoms with E-state index in [2.05, 4.69) is 0 Å². The molecule has 0 bridgehead atoms. The Bertz CT molecular complexity index is 88.1. The van der Waals surface area contributed by atoms with Crippen molar-refractivity contribution in [1.82, 2.24) is 0 Å². The number of alkyl halides is 4. The smallest absolute Gasteiger partial charge is 0.364 e. The highest BCUT2D eigenvalue weighted by molar-refractivity contribution is 4.51. The molecule has 0 saturated heterocycles. The number of aliphatic hydroxyl groups excluding tert-OH is 1. The van der Waals surface area contributed by atoms with Crippen LogP contribution in [0, 0.1) is 0 Å². The average molecular weight is 160 g/mol. The molecule has 0 aromatic heterocycles. The minimum atomic E-state index is -4.24. The molecule has 1 unspecified atom stereocenters. The highest BCUT2D eigenvalue weighted by Gasteiger charge is 2.26. The van der Waals surface area contributed by atoms with Crippen molar-refractivity contribution in [2.45, 2.75) is 31.8 Å². The van der Waals surface area contributed by atoms with Crippen LogP contribution in [0.4, 0.5) is 17.6 Å². The minimum absolute atomic E-state index is 0.360. The first-order chi connectivity index (χ1) is 4.42. The summed E-state index contributed by atoms with van der Waals surface area (Å²) in [4.78, 5) is 0. The maximum Gasteiger partial charge on any atom is 0.389 e. The molecule has 0 heterocycles. The van der Waals surface area contributed by atoms with E-state index in [0.29, 0.717) is 0 Å². The normalized spacial score (nSPS) is 15.3. The number of hydrogen-bond donors (Lipinski definition) is 1. The third-order valence-corrected chi connectivity index (χ3v) is 0.903. The first kappa shape index (κ1) is 9.68. The Balaban J connectivity index is 3.21. The van der Waals surface area contributed by atoms with Gasteiger partial charge in [0.25, 0.3) is 0 Å². The lowest BCUT2D eigenvalue weighted by atomic mass is 10.2. The Hall–Kier alpha value is -0.320. The van der Waals surface area contributed by atoms with E-state index < -0.39 is 25.4 Å². The molecule has 0 radical (unpaired) electrons. The van der Waals surface area contributed by atoms with Gasteiger partial charge in [0.2, 0.25) is 0 Å². The van der Waals surface area contributed by atoms with Crippen molar-refractivity contribution in [1.29, 1.82) is 0 Å². The highest BCUT2D eigenvalue weighted by Crippen LogP contribution is 2.22. The largest absolute Gasteiger partial charge is 0.389 e. The first-order valence-corrected chi connectivity index (χ1v) is 2.81. The van der Waals surface area contributed by atoms with Crippen molar-refractivity contribution < 1.29 is 22.7 Å². The summed E-state index contributed by atoms with van der Waals surface area (Å²) in [6, 6.07) is 0. The van der Waals surface area contributed by atoms with Crippen LogP contribution in [-0.4, -0.2) is 17.6 Å². The summed E-state index contributed by atoms with van der Waals surface area (Å²) in [5, 5.41) is 7.92. The minimum Gasteiger partial charge on any atom is -0.364 e. The van der Waals surface area contributed by atoms with Gasteiger partial charge in [0, 0.05) is 12.8 Å². The van der Waals surface area contributed by atoms with Crippen molar-refractivity contribution in [3.8, 4) is 0 Å². The van der Waals surface area contributed by atoms with Crippen LogP contribution in [0.1, 0.15) is 19.3 Å². The van der Waals surface area contributed by atoms with Gasteiger partial charge in [-0.2, -0.15) is 13.2 Å². The fraction of sp³-hybridized carbons (Fsp3) is 1.00. The zero-order valence-corrected chi connectivity index (χ0v) is 5.16. The first-order valence-electron chi connectivity index (χ1n) is 2.81. The van der Waals surface area contributed by atoms with Crippen LogP contribution >= 0.6 is 0 Å². The van der Waals surface area contributed by atoms with Gasteiger partial charge in [0.15, 0.2) is 6.36 Å². The fourth-order valence-corrected chi connectivity index (χ4v) is 0.471. The molecule has 10 heavy (non-hydrogen) atoms. The van der Waals surface area contributed by atoms with Crippen molar-refractivity contribution in [2.75, 3.05) is 0 Å².